The van der Waals surface area contributed by atoms with Crippen molar-refractivity contribution in [1.82, 2.24) is 4.90 Å². The number of hydrogen-bond donors (Lipinski definition) is 0. The van der Waals surface area contributed by atoms with Crippen molar-refractivity contribution in [3.05, 3.63) is 28.8 Å². The van der Waals surface area contributed by atoms with Crippen LogP contribution in [0.25, 0.3) is 0 Å². The van der Waals surface area contributed by atoms with Crippen molar-refractivity contribution in [2.45, 2.75) is 68.6 Å². The molecule has 8 rings (SSSR count). The molecule has 7 atom stereocenters. The van der Waals surface area contributed by atoms with Gasteiger partial charge in [0, 0.05) is 36.1 Å². The van der Waals surface area contributed by atoms with Gasteiger partial charge in [-0.2, -0.15) is 0 Å². The highest BCUT2D eigenvalue weighted by atomic mass is 16.6. The Labute approximate surface area is 206 Å². The van der Waals surface area contributed by atoms with Crippen molar-refractivity contribution in [3.63, 3.8) is 0 Å². The standard InChI is InChI=1S/C28H35NO6/c1-15-5-8-17-13-18-26-9-10-28(34-4,21(24(31)33-3)20(26)23(30)32-2)25-27(26,19(17)22(15)35-25)11-12-29(18)14-16-6-7-16/h5,8,16,18,20-21,25H,6-7,9-14H2,1-4H3/t18-,20-,21-,25-,26?,27+,28?/m1/s1. The second-order valence-electron chi connectivity index (χ2n) is 11.8. The molecular weight excluding hydrogens is 446 g/mol. The smallest absolute Gasteiger partial charge is 0.312 e. The average Bonchev–Trinajstić information content (AvgIpc) is 3.62. The molecule has 188 valence electrons. The van der Waals surface area contributed by atoms with Crippen LogP contribution in [0.3, 0.4) is 0 Å². The Morgan fingerprint density at radius 1 is 1.06 bits per heavy atom. The van der Waals surface area contributed by atoms with E-state index in [9.17, 15) is 9.59 Å². The van der Waals surface area contributed by atoms with Crippen molar-refractivity contribution in [3.8, 4) is 5.75 Å². The molecule has 0 aromatic heterocycles. The molecule has 2 aliphatic heterocycles. The number of nitrogens with zero attached hydrogens (tertiary/aromatic N) is 1. The Bertz CT molecular complexity index is 1130. The first-order valence-electron chi connectivity index (χ1n) is 13.1. The van der Waals surface area contributed by atoms with Crippen LogP contribution < -0.4 is 4.74 Å². The SMILES string of the molecule is COC(=O)[C@H]1[C@H](C(=O)OC)C23CCC1(OC)[C@@H]1Oc4c(C)ccc5c4[C@@]12CCN(CC1CC1)[C@@H]3C5. The maximum Gasteiger partial charge on any atom is 0.312 e. The number of benzene rings is 1. The van der Waals surface area contributed by atoms with E-state index < -0.39 is 28.8 Å². The summed E-state index contributed by atoms with van der Waals surface area (Å²) in [5.74, 6) is -0.434. The minimum absolute atomic E-state index is 0.149. The van der Waals surface area contributed by atoms with Crippen LogP contribution in [0.4, 0.5) is 0 Å². The lowest BCUT2D eigenvalue weighted by Crippen LogP contribution is -2.85. The second-order valence-corrected chi connectivity index (χ2v) is 11.8. The van der Waals surface area contributed by atoms with Gasteiger partial charge >= 0.3 is 11.9 Å². The second kappa shape index (κ2) is 7.00. The molecule has 4 saturated carbocycles. The van der Waals surface area contributed by atoms with Gasteiger partial charge in [-0.15, -0.1) is 0 Å². The maximum atomic E-state index is 13.8. The van der Waals surface area contributed by atoms with Crippen LogP contribution in [0, 0.1) is 30.1 Å². The number of aryl methyl sites for hydroxylation is 1. The number of fused-ring (bicyclic) bond motifs is 2. The quantitative estimate of drug-likeness (QED) is 0.599. The van der Waals surface area contributed by atoms with Crippen LogP contribution >= 0.6 is 0 Å². The van der Waals surface area contributed by atoms with E-state index in [0.717, 1.165) is 49.6 Å². The summed E-state index contributed by atoms with van der Waals surface area (Å²) >= 11 is 0. The highest BCUT2D eigenvalue weighted by Crippen LogP contribution is 2.78. The van der Waals surface area contributed by atoms with Crippen molar-refractivity contribution < 1.29 is 28.5 Å². The van der Waals surface area contributed by atoms with Crippen LogP contribution in [0.5, 0.6) is 5.75 Å². The first-order valence-corrected chi connectivity index (χ1v) is 13.1. The van der Waals surface area contributed by atoms with Crippen LogP contribution in [-0.4, -0.2) is 69.0 Å². The third kappa shape index (κ3) is 2.32. The Morgan fingerprint density at radius 2 is 1.80 bits per heavy atom. The number of methoxy groups -OCH3 is 3. The summed E-state index contributed by atoms with van der Waals surface area (Å²) in [6.07, 6.45) is 5.48. The van der Waals surface area contributed by atoms with Gasteiger partial charge < -0.3 is 18.9 Å². The molecule has 5 aliphatic carbocycles. The molecule has 0 radical (unpaired) electrons. The predicted octanol–water partition coefficient (Wildman–Crippen LogP) is 2.79. The normalized spacial score (nSPS) is 42.3. The lowest BCUT2D eigenvalue weighted by molar-refractivity contribution is -0.300. The lowest BCUT2D eigenvalue weighted by atomic mass is 9.31. The summed E-state index contributed by atoms with van der Waals surface area (Å²) in [6.45, 7) is 4.14. The maximum absolute atomic E-state index is 13.8. The number of esters is 2. The lowest BCUT2D eigenvalue weighted by Gasteiger charge is -2.75. The zero-order valence-electron chi connectivity index (χ0n) is 21.1. The number of carbonyl (C=O) groups is 2. The molecule has 0 amide bonds. The molecule has 0 N–H and O–H groups in total. The molecular formula is C28H35NO6. The molecule has 1 saturated heterocycles. The Balaban J connectivity index is 1.55. The first kappa shape index (κ1) is 22.1. The third-order valence-electron chi connectivity index (χ3n) is 10.9. The summed E-state index contributed by atoms with van der Waals surface area (Å²) in [5.41, 5.74) is 1.92. The molecule has 7 aliphatic rings. The van der Waals surface area contributed by atoms with E-state index in [1.54, 1.807) is 7.11 Å². The molecule has 4 bridgehead atoms. The van der Waals surface area contributed by atoms with E-state index in [4.69, 9.17) is 18.9 Å². The van der Waals surface area contributed by atoms with Gasteiger partial charge in [0.25, 0.3) is 0 Å². The summed E-state index contributed by atoms with van der Waals surface area (Å²) < 4.78 is 24.2. The number of carbonyl (C=O) groups excluding carboxylic acids is 2. The van der Waals surface area contributed by atoms with Crippen molar-refractivity contribution in [2.75, 3.05) is 34.4 Å². The molecule has 7 heteroatoms. The van der Waals surface area contributed by atoms with E-state index in [2.05, 4.69) is 24.0 Å². The van der Waals surface area contributed by atoms with Crippen LogP contribution in [0.15, 0.2) is 12.1 Å². The largest absolute Gasteiger partial charge is 0.486 e. The van der Waals surface area contributed by atoms with Gasteiger partial charge in [-0.25, -0.2) is 0 Å². The number of rotatable bonds is 5. The fraction of sp³-hybridized carbons (Fsp3) is 0.714. The Kier molecular flexibility index (Phi) is 4.42. The van der Waals surface area contributed by atoms with Crippen molar-refractivity contribution in [2.24, 2.45) is 23.2 Å². The molecule has 1 aromatic carbocycles. The minimum atomic E-state index is -0.947. The predicted molar refractivity (Wildman–Crippen MR) is 126 cm³/mol. The van der Waals surface area contributed by atoms with Crippen LogP contribution in [-0.2, 0) is 35.6 Å². The van der Waals surface area contributed by atoms with E-state index in [1.165, 1.54) is 38.2 Å². The summed E-state index contributed by atoms with van der Waals surface area (Å²) in [7, 11) is 4.52. The summed E-state index contributed by atoms with van der Waals surface area (Å²) in [4.78, 5) is 30.0. The molecule has 2 heterocycles. The van der Waals surface area contributed by atoms with Gasteiger partial charge in [-0.05, 0) is 69.0 Å². The third-order valence-corrected chi connectivity index (χ3v) is 10.9. The van der Waals surface area contributed by atoms with E-state index in [1.807, 2.05) is 0 Å². The number of ether oxygens (including phenoxy) is 4. The van der Waals surface area contributed by atoms with Gasteiger partial charge in [0.05, 0.1) is 20.1 Å². The van der Waals surface area contributed by atoms with Gasteiger partial charge in [-0.3, -0.25) is 14.5 Å². The fourth-order valence-electron chi connectivity index (χ4n) is 9.57. The highest BCUT2D eigenvalue weighted by molar-refractivity contribution is 5.86. The molecule has 35 heavy (non-hydrogen) atoms. The zero-order chi connectivity index (χ0) is 24.3. The van der Waals surface area contributed by atoms with E-state index in [-0.39, 0.29) is 23.5 Å². The Hall–Kier alpha value is -2.12. The van der Waals surface area contributed by atoms with Gasteiger partial charge in [-0.1, -0.05) is 12.1 Å². The highest BCUT2D eigenvalue weighted by Gasteiger charge is 2.86. The number of piperidine rings is 1. The molecule has 7 nitrogen and oxygen atoms in total. The van der Waals surface area contributed by atoms with Crippen LogP contribution in [0.1, 0.15) is 48.8 Å². The van der Waals surface area contributed by atoms with Gasteiger partial charge in [0.1, 0.15) is 23.4 Å². The van der Waals surface area contributed by atoms with Crippen LogP contribution in [0.2, 0.25) is 0 Å². The topological polar surface area (TPSA) is 74.3 Å². The van der Waals surface area contributed by atoms with E-state index in [0.29, 0.717) is 6.42 Å². The Morgan fingerprint density at radius 3 is 2.49 bits per heavy atom. The molecule has 5 fully saturated rings. The monoisotopic (exact) mass is 481 g/mol. The minimum Gasteiger partial charge on any atom is -0.486 e. The summed E-state index contributed by atoms with van der Waals surface area (Å²) in [5, 5.41) is 0. The first-order chi connectivity index (χ1) is 16.9. The number of likely N-dealkylation sites (tertiary alicyclic amines) is 1. The number of hydrogen-bond acceptors (Lipinski definition) is 7. The fourth-order valence-corrected chi connectivity index (χ4v) is 9.57. The van der Waals surface area contributed by atoms with E-state index >= 15 is 0 Å². The molecule has 2 spiro atoms. The van der Waals surface area contributed by atoms with Crippen molar-refractivity contribution in [1.29, 1.82) is 0 Å². The van der Waals surface area contributed by atoms with Crippen molar-refractivity contribution >= 4 is 11.9 Å². The molecule has 2 unspecified atom stereocenters. The zero-order valence-corrected chi connectivity index (χ0v) is 21.1. The summed E-state index contributed by atoms with van der Waals surface area (Å²) in [6, 6.07) is 4.59. The average molecular weight is 482 g/mol. The van der Waals surface area contributed by atoms with Gasteiger partial charge in [0.2, 0.25) is 0 Å². The van der Waals surface area contributed by atoms with Gasteiger partial charge in [0.15, 0.2) is 0 Å². The molecule has 1 aromatic rings.